The van der Waals surface area contributed by atoms with E-state index in [9.17, 15) is 9.59 Å². The lowest BCUT2D eigenvalue weighted by atomic mass is 10.0. The number of thioether (sulfide) groups is 1. The smallest absolute Gasteiger partial charge is 0.335 e. The minimum absolute atomic E-state index is 0.149. The van der Waals surface area contributed by atoms with Crippen LogP contribution in [0.1, 0.15) is 72.1 Å². The van der Waals surface area contributed by atoms with Crippen molar-refractivity contribution in [3.05, 3.63) is 0 Å². The molecule has 0 atom stereocenters. The van der Waals surface area contributed by atoms with E-state index in [4.69, 9.17) is 13.6 Å². The highest BCUT2D eigenvalue weighted by Crippen LogP contribution is 2.30. The Kier molecular flexibility index (Phi) is 11.1. The van der Waals surface area contributed by atoms with E-state index in [-0.39, 0.29) is 11.1 Å². The van der Waals surface area contributed by atoms with Gasteiger partial charge < -0.3 is 13.6 Å². The highest BCUT2D eigenvalue weighted by atomic mass is 32.2. The fourth-order valence-corrected chi connectivity index (χ4v) is 6.25. The third-order valence-corrected chi connectivity index (χ3v) is 8.52. The van der Waals surface area contributed by atoms with Gasteiger partial charge in [0.1, 0.15) is 0 Å². The summed E-state index contributed by atoms with van der Waals surface area (Å²) in [5, 5.41) is 0.268. The van der Waals surface area contributed by atoms with Gasteiger partial charge in [-0.05, 0) is 38.3 Å². The Morgan fingerprint density at radius 3 is 2.31 bits per heavy atom. The van der Waals surface area contributed by atoms with Crippen LogP contribution in [-0.4, -0.2) is 44.2 Å². The minimum atomic E-state index is -2.23. The first-order valence-corrected chi connectivity index (χ1v) is 13.5. The molecule has 0 aromatic rings. The van der Waals surface area contributed by atoms with Gasteiger partial charge >= 0.3 is 14.5 Å². The van der Waals surface area contributed by atoms with Gasteiger partial charge in [0.2, 0.25) is 0 Å². The van der Waals surface area contributed by atoms with Crippen LogP contribution < -0.4 is 0 Å². The molecule has 0 N–H and O–H groups in total. The Morgan fingerprint density at radius 1 is 1.04 bits per heavy atom. The maximum absolute atomic E-state index is 12.1. The molecule has 0 amide bonds. The van der Waals surface area contributed by atoms with Crippen molar-refractivity contribution in [1.82, 2.24) is 0 Å². The molecule has 0 aliphatic carbocycles. The minimum Gasteiger partial charge on any atom is -0.454 e. The Hall–Kier alpha value is -0.373. The molecule has 1 fully saturated rings. The van der Waals surface area contributed by atoms with Crippen LogP contribution in [-0.2, 0) is 23.2 Å². The van der Waals surface area contributed by atoms with E-state index in [0.29, 0.717) is 32.5 Å². The lowest BCUT2D eigenvalue weighted by molar-refractivity contribution is -0.176. The molecular formula is C19H36O5SSi. The lowest BCUT2D eigenvalue weighted by Crippen LogP contribution is -2.56. The monoisotopic (exact) mass is 404 g/mol. The summed E-state index contributed by atoms with van der Waals surface area (Å²) in [6.07, 6.45) is 6.63. The van der Waals surface area contributed by atoms with Crippen molar-refractivity contribution in [2.24, 2.45) is 0 Å². The molecule has 1 aliphatic heterocycles. The number of hydrogen-bond donors (Lipinski definition) is 0. The summed E-state index contributed by atoms with van der Waals surface area (Å²) < 4.78 is 17.9. The third kappa shape index (κ3) is 8.54. The molecule has 1 aliphatic rings. The number of hydrogen-bond acceptors (Lipinski definition) is 6. The van der Waals surface area contributed by atoms with Crippen molar-refractivity contribution in [2.45, 2.75) is 90.3 Å². The van der Waals surface area contributed by atoms with E-state index >= 15 is 0 Å². The zero-order valence-corrected chi connectivity index (χ0v) is 18.8. The number of unbranched alkanes of at least 4 members (excludes halogenated alkanes) is 2. The van der Waals surface area contributed by atoms with Crippen molar-refractivity contribution >= 4 is 31.4 Å². The number of ether oxygens (including phenoxy) is 1. The Labute approximate surface area is 164 Å². The molecule has 7 heteroatoms. The van der Waals surface area contributed by atoms with Gasteiger partial charge in [0, 0.05) is 18.6 Å². The maximum atomic E-state index is 12.1. The van der Waals surface area contributed by atoms with Gasteiger partial charge in [-0.15, -0.1) is 0 Å². The average Bonchev–Trinajstić information content (AvgIpc) is 2.62. The van der Waals surface area contributed by atoms with E-state index < -0.39 is 14.2 Å². The highest BCUT2D eigenvalue weighted by Gasteiger charge is 2.45. The van der Waals surface area contributed by atoms with Crippen molar-refractivity contribution in [3.8, 4) is 0 Å². The topological polar surface area (TPSA) is 61.8 Å². The van der Waals surface area contributed by atoms with E-state index in [2.05, 4.69) is 13.5 Å². The van der Waals surface area contributed by atoms with Gasteiger partial charge in [-0.3, -0.25) is 9.59 Å². The molecule has 0 bridgehead atoms. The van der Waals surface area contributed by atoms with Crippen LogP contribution in [0.25, 0.3) is 0 Å². The predicted octanol–water partition coefficient (Wildman–Crippen LogP) is 4.83. The van der Waals surface area contributed by atoms with Crippen LogP contribution in [0.4, 0.5) is 0 Å². The van der Waals surface area contributed by atoms with Crippen LogP contribution in [0.2, 0.25) is 12.6 Å². The fourth-order valence-electron chi connectivity index (χ4n) is 2.80. The summed E-state index contributed by atoms with van der Waals surface area (Å²) in [6.45, 7) is 9.06. The fraction of sp³-hybridized carbons (Fsp3) is 0.895. The number of carbonyl (C=O) groups excluding carboxylic acids is 2. The molecule has 0 saturated carbocycles. The first kappa shape index (κ1) is 23.7. The van der Waals surface area contributed by atoms with Crippen LogP contribution in [0.3, 0.4) is 0 Å². The first-order chi connectivity index (χ1) is 12.4. The van der Waals surface area contributed by atoms with Crippen molar-refractivity contribution in [1.29, 1.82) is 0 Å². The molecule has 1 rings (SSSR count). The molecule has 26 heavy (non-hydrogen) atoms. The Balaban J connectivity index is 2.37. The summed E-state index contributed by atoms with van der Waals surface area (Å²) in [7, 11) is -2.23. The van der Waals surface area contributed by atoms with Gasteiger partial charge in [0.15, 0.2) is 10.7 Å². The number of rotatable bonds is 12. The standard InChI is InChI=1S/C19H36O5SSi/c1-5-8-9-12-17(20)24-19(7-3)15-22-26(4,23-16-19)14-10-13-25-18(21)11-6-2/h5-16H2,1-4H3. The number of carbonyl (C=O) groups is 2. The zero-order valence-electron chi connectivity index (χ0n) is 16.9. The second-order valence-electron chi connectivity index (χ2n) is 7.25. The predicted molar refractivity (Wildman–Crippen MR) is 109 cm³/mol. The molecule has 152 valence electrons. The molecule has 5 nitrogen and oxygen atoms in total. The number of esters is 1. The second-order valence-corrected chi connectivity index (χ2v) is 11.8. The van der Waals surface area contributed by atoms with Crippen molar-refractivity contribution < 1.29 is 23.2 Å². The van der Waals surface area contributed by atoms with Crippen molar-refractivity contribution in [3.63, 3.8) is 0 Å². The Morgan fingerprint density at radius 2 is 1.73 bits per heavy atom. The van der Waals surface area contributed by atoms with Crippen LogP contribution in [0.15, 0.2) is 0 Å². The van der Waals surface area contributed by atoms with Gasteiger partial charge in [-0.25, -0.2) is 0 Å². The molecule has 0 spiro atoms. The van der Waals surface area contributed by atoms with Gasteiger partial charge in [-0.2, -0.15) is 0 Å². The SMILES string of the molecule is CCCCCC(=O)OC1(CC)CO[Si](C)(CCCSC(=O)CCC)OC1. The molecule has 1 saturated heterocycles. The van der Waals surface area contributed by atoms with Crippen LogP contribution in [0, 0.1) is 0 Å². The highest BCUT2D eigenvalue weighted by molar-refractivity contribution is 8.13. The average molecular weight is 405 g/mol. The normalized spacial score (nSPS) is 25.8. The van der Waals surface area contributed by atoms with Gasteiger partial charge in [0.05, 0.1) is 13.2 Å². The summed E-state index contributed by atoms with van der Waals surface area (Å²) in [5.41, 5.74) is -0.637. The largest absolute Gasteiger partial charge is 0.454 e. The molecule has 0 radical (unpaired) electrons. The third-order valence-electron chi connectivity index (χ3n) is 4.73. The van der Waals surface area contributed by atoms with Gasteiger partial charge in [-0.1, -0.05) is 45.4 Å². The molecule has 0 unspecified atom stereocenters. The van der Waals surface area contributed by atoms with Crippen molar-refractivity contribution in [2.75, 3.05) is 19.0 Å². The molecule has 0 aromatic heterocycles. The summed E-state index contributed by atoms with van der Waals surface area (Å²) in [5.74, 6) is 0.669. The first-order valence-electron chi connectivity index (χ1n) is 10.0. The zero-order chi connectivity index (χ0) is 19.5. The maximum Gasteiger partial charge on any atom is 0.335 e. The summed E-state index contributed by atoms with van der Waals surface area (Å²) in [6, 6.07) is 0.865. The summed E-state index contributed by atoms with van der Waals surface area (Å²) in [4.78, 5) is 23.6. The summed E-state index contributed by atoms with van der Waals surface area (Å²) >= 11 is 1.41. The molecular weight excluding hydrogens is 368 g/mol. The molecule has 1 heterocycles. The Bertz CT molecular complexity index is 436. The van der Waals surface area contributed by atoms with E-state index in [1.165, 1.54) is 11.8 Å². The van der Waals surface area contributed by atoms with Crippen LogP contribution >= 0.6 is 11.8 Å². The van der Waals surface area contributed by atoms with Crippen LogP contribution in [0.5, 0.6) is 0 Å². The van der Waals surface area contributed by atoms with E-state index in [0.717, 1.165) is 43.9 Å². The van der Waals surface area contributed by atoms with E-state index in [1.54, 1.807) is 0 Å². The molecule has 0 aromatic carbocycles. The second kappa shape index (κ2) is 12.2. The quantitative estimate of drug-likeness (QED) is 0.264. The van der Waals surface area contributed by atoms with Gasteiger partial charge in [0.25, 0.3) is 0 Å². The van der Waals surface area contributed by atoms with E-state index in [1.807, 2.05) is 13.8 Å². The lowest BCUT2D eigenvalue weighted by Gasteiger charge is -2.42.